The maximum Gasteiger partial charge on any atom is 0.255 e. The number of aromatic nitrogens is 1. The van der Waals surface area contributed by atoms with Gasteiger partial charge in [0.1, 0.15) is 0 Å². The fraction of sp³-hybridized carbons (Fsp3) is 0.615. The van der Waals surface area contributed by atoms with Crippen LogP contribution in [0.5, 0.6) is 0 Å². The van der Waals surface area contributed by atoms with E-state index in [1.54, 1.807) is 0 Å². The Hall–Kier alpha value is -1.09. The van der Waals surface area contributed by atoms with Gasteiger partial charge in [0.15, 0.2) is 0 Å². The standard InChI is InChI=1S/C13H22N2O/c1-3-5-9-15-10-6-7-12(13(15)16)11-14-8-4-2/h6-7,10,14H,3-5,8-9,11H2,1-2H3. The van der Waals surface area contributed by atoms with Gasteiger partial charge < -0.3 is 9.88 Å². The zero-order valence-corrected chi connectivity index (χ0v) is 10.3. The molecule has 90 valence electrons. The monoisotopic (exact) mass is 222 g/mol. The van der Waals surface area contributed by atoms with Gasteiger partial charge in [-0.2, -0.15) is 0 Å². The first-order valence-electron chi connectivity index (χ1n) is 6.18. The molecule has 0 saturated carbocycles. The van der Waals surface area contributed by atoms with Gasteiger partial charge in [0.2, 0.25) is 0 Å². The Kier molecular flexibility index (Phi) is 5.86. The topological polar surface area (TPSA) is 34.0 Å². The molecule has 0 saturated heterocycles. The normalized spacial score (nSPS) is 10.6. The predicted molar refractivity (Wildman–Crippen MR) is 67.6 cm³/mol. The van der Waals surface area contributed by atoms with Crippen molar-refractivity contribution in [2.24, 2.45) is 0 Å². The highest BCUT2D eigenvalue weighted by Crippen LogP contribution is 1.95. The van der Waals surface area contributed by atoms with E-state index < -0.39 is 0 Å². The van der Waals surface area contributed by atoms with E-state index in [-0.39, 0.29) is 5.56 Å². The van der Waals surface area contributed by atoms with Crippen LogP contribution in [0.15, 0.2) is 23.1 Å². The smallest absolute Gasteiger partial charge is 0.255 e. The van der Waals surface area contributed by atoms with Crippen molar-refractivity contribution >= 4 is 0 Å². The minimum absolute atomic E-state index is 0.152. The fourth-order valence-electron chi connectivity index (χ4n) is 1.63. The van der Waals surface area contributed by atoms with Crippen LogP contribution in [0.3, 0.4) is 0 Å². The molecule has 0 bridgehead atoms. The van der Waals surface area contributed by atoms with Gasteiger partial charge >= 0.3 is 0 Å². The molecule has 3 nitrogen and oxygen atoms in total. The number of nitrogens with zero attached hydrogens (tertiary/aromatic N) is 1. The summed E-state index contributed by atoms with van der Waals surface area (Å²) in [4.78, 5) is 12.0. The molecule has 3 heteroatoms. The van der Waals surface area contributed by atoms with E-state index in [9.17, 15) is 4.79 Å². The van der Waals surface area contributed by atoms with Crippen LogP contribution in [-0.2, 0) is 13.1 Å². The molecule has 0 spiro atoms. The lowest BCUT2D eigenvalue weighted by Crippen LogP contribution is -2.27. The lowest BCUT2D eigenvalue weighted by atomic mass is 10.2. The van der Waals surface area contributed by atoms with Crippen LogP contribution in [0.25, 0.3) is 0 Å². The van der Waals surface area contributed by atoms with E-state index >= 15 is 0 Å². The van der Waals surface area contributed by atoms with E-state index in [0.29, 0.717) is 6.54 Å². The number of pyridine rings is 1. The summed E-state index contributed by atoms with van der Waals surface area (Å²) >= 11 is 0. The van der Waals surface area contributed by atoms with Crippen LogP contribution in [0.1, 0.15) is 38.7 Å². The minimum Gasteiger partial charge on any atom is -0.315 e. The van der Waals surface area contributed by atoms with Gasteiger partial charge in [-0.15, -0.1) is 0 Å². The molecule has 0 amide bonds. The molecule has 0 aromatic carbocycles. The summed E-state index contributed by atoms with van der Waals surface area (Å²) in [5, 5.41) is 3.26. The number of nitrogens with one attached hydrogen (secondary N) is 1. The van der Waals surface area contributed by atoms with Gasteiger partial charge in [0, 0.05) is 24.8 Å². The van der Waals surface area contributed by atoms with Gasteiger partial charge in [0.05, 0.1) is 0 Å². The highest BCUT2D eigenvalue weighted by atomic mass is 16.1. The third-order valence-electron chi connectivity index (χ3n) is 2.59. The molecule has 16 heavy (non-hydrogen) atoms. The molecule has 0 radical (unpaired) electrons. The Bertz CT molecular complexity index is 357. The Morgan fingerprint density at radius 1 is 1.31 bits per heavy atom. The SMILES string of the molecule is CCCCn1cccc(CNCCC)c1=O. The molecule has 1 aromatic heterocycles. The fourth-order valence-corrected chi connectivity index (χ4v) is 1.63. The van der Waals surface area contributed by atoms with Gasteiger partial charge in [-0.05, 0) is 25.5 Å². The third-order valence-corrected chi connectivity index (χ3v) is 2.59. The van der Waals surface area contributed by atoms with Crippen molar-refractivity contribution in [1.82, 2.24) is 9.88 Å². The van der Waals surface area contributed by atoms with Crippen molar-refractivity contribution in [3.05, 3.63) is 34.2 Å². The van der Waals surface area contributed by atoms with E-state index in [2.05, 4.69) is 19.2 Å². The summed E-state index contributed by atoms with van der Waals surface area (Å²) in [6.07, 6.45) is 5.15. The molecular formula is C13H22N2O. The molecule has 0 aliphatic rings. The summed E-state index contributed by atoms with van der Waals surface area (Å²) in [5.41, 5.74) is 1.02. The van der Waals surface area contributed by atoms with E-state index in [4.69, 9.17) is 0 Å². The van der Waals surface area contributed by atoms with Crippen LogP contribution in [0.4, 0.5) is 0 Å². The van der Waals surface area contributed by atoms with Crippen LogP contribution in [-0.4, -0.2) is 11.1 Å². The van der Waals surface area contributed by atoms with E-state index in [1.165, 1.54) is 0 Å². The average Bonchev–Trinajstić information content (AvgIpc) is 2.30. The highest BCUT2D eigenvalue weighted by molar-refractivity contribution is 5.10. The number of hydrogen-bond acceptors (Lipinski definition) is 2. The van der Waals surface area contributed by atoms with Crippen molar-refractivity contribution in [2.45, 2.75) is 46.2 Å². The lowest BCUT2D eigenvalue weighted by Gasteiger charge is -2.07. The van der Waals surface area contributed by atoms with Crippen molar-refractivity contribution in [1.29, 1.82) is 0 Å². The number of rotatable bonds is 7. The van der Waals surface area contributed by atoms with Crippen LogP contribution in [0, 0.1) is 0 Å². The Labute approximate surface area is 97.5 Å². The van der Waals surface area contributed by atoms with Crippen LogP contribution in [0.2, 0.25) is 0 Å². The quantitative estimate of drug-likeness (QED) is 0.717. The molecule has 1 aromatic rings. The van der Waals surface area contributed by atoms with E-state index in [1.807, 2.05) is 22.9 Å². The van der Waals surface area contributed by atoms with Crippen LogP contribution >= 0.6 is 0 Å². The van der Waals surface area contributed by atoms with Gasteiger partial charge in [-0.3, -0.25) is 4.79 Å². The summed E-state index contributed by atoms with van der Waals surface area (Å²) in [7, 11) is 0. The molecule has 1 N–H and O–H groups in total. The maximum absolute atomic E-state index is 12.0. The predicted octanol–water partition coefficient (Wildman–Crippen LogP) is 2.15. The summed E-state index contributed by atoms with van der Waals surface area (Å²) in [5.74, 6) is 0. The van der Waals surface area contributed by atoms with Gasteiger partial charge in [0.25, 0.3) is 5.56 Å². The first-order chi connectivity index (χ1) is 7.79. The second kappa shape index (κ2) is 7.23. The Balaban J connectivity index is 2.66. The molecular weight excluding hydrogens is 200 g/mol. The molecule has 0 aliphatic carbocycles. The number of aryl methyl sites for hydroxylation is 1. The maximum atomic E-state index is 12.0. The highest BCUT2D eigenvalue weighted by Gasteiger charge is 2.01. The van der Waals surface area contributed by atoms with Crippen molar-refractivity contribution < 1.29 is 0 Å². The van der Waals surface area contributed by atoms with Crippen molar-refractivity contribution in [3.63, 3.8) is 0 Å². The van der Waals surface area contributed by atoms with Gasteiger partial charge in [-0.25, -0.2) is 0 Å². The third kappa shape index (κ3) is 3.81. The summed E-state index contributed by atoms with van der Waals surface area (Å²) in [6, 6.07) is 3.87. The molecule has 1 rings (SSSR count). The first kappa shape index (κ1) is 13.0. The van der Waals surface area contributed by atoms with E-state index in [0.717, 1.165) is 37.9 Å². The van der Waals surface area contributed by atoms with Gasteiger partial charge in [-0.1, -0.05) is 26.3 Å². The molecule has 0 fully saturated rings. The average molecular weight is 222 g/mol. The van der Waals surface area contributed by atoms with Crippen molar-refractivity contribution in [2.75, 3.05) is 6.54 Å². The molecule has 1 heterocycles. The second-order valence-electron chi connectivity index (χ2n) is 4.06. The zero-order valence-electron chi connectivity index (χ0n) is 10.3. The number of hydrogen-bond donors (Lipinski definition) is 1. The Morgan fingerprint density at radius 2 is 2.12 bits per heavy atom. The molecule has 0 aliphatic heterocycles. The zero-order chi connectivity index (χ0) is 11.8. The summed E-state index contributed by atoms with van der Waals surface area (Å²) in [6.45, 7) is 6.73. The largest absolute Gasteiger partial charge is 0.315 e. The first-order valence-corrected chi connectivity index (χ1v) is 6.18. The Morgan fingerprint density at radius 3 is 2.81 bits per heavy atom. The number of unbranched alkanes of at least 4 members (excludes halogenated alkanes) is 1. The minimum atomic E-state index is 0.152. The molecule has 0 atom stereocenters. The lowest BCUT2D eigenvalue weighted by molar-refractivity contribution is 0.598. The molecule has 0 unspecified atom stereocenters. The van der Waals surface area contributed by atoms with Crippen LogP contribution < -0.4 is 10.9 Å². The second-order valence-corrected chi connectivity index (χ2v) is 4.06. The van der Waals surface area contributed by atoms with Crippen molar-refractivity contribution in [3.8, 4) is 0 Å². The summed E-state index contributed by atoms with van der Waals surface area (Å²) < 4.78 is 1.81.